The summed E-state index contributed by atoms with van der Waals surface area (Å²) < 4.78 is 1.77. The molecule has 5 heteroatoms. The quantitative estimate of drug-likeness (QED) is 0.787. The van der Waals surface area contributed by atoms with E-state index in [0.717, 1.165) is 11.3 Å². The van der Waals surface area contributed by atoms with Gasteiger partial charge in [0.05, 0.1) is 18.6 Å². The Morgan fingerprint density at radius 1 is 1.13 bits per heavy atom. The summed E-state index contributed by atoms with van der Waals surface area (Å²) >= 11 is 5.89. The third-order valence-electron chi connectivity index (χ3n) is 3.62. The molecule has 3 rings (SSSR count). The molecule has 23 heavy (non-hydrogen) atoms. The monoisotopic (exact) mass is 325 g/mol. The SMILES string of the molecule is CC(NC(=O)c1cncn1-c1ccccc1)c1ccc(Cl)cc1. The lowest BCUT2D eigenvalue weighted by molar-refractivity contribution is 0.0933. The molecule has 0 aliphatic rings. The average Bonchev–Trinajstić information content (AvgIpc) is 3.06. The Balaban J connectivity index is 1.79. The van der Waals surface area contributed by atoms with Crippen molar-refractivity contribution in [2.45, 2.75) is 13.0 Å². The van der Waals surface area contributed by atoms with Crippen molar-refractivity contribution >= 4 is 17.5 Å². The van der Waals surface area contributed by atoms with Crippen LogP contribution in [0.15, 0.2) is 67.1 Å². The van der Waals surface area contributed by atoms with E-state index in [9.17, 15) is 4.79 Å². The summed E-state index contributed by atoms with van der Waals surface area (Å²) in [7, 11) is 0. The summed E-state index contributed by atoms with van der Waals surface area (Å²) in [5.41, 5.74) is 2.39. The summed E-state index contributed by atoms with van der Waals surface area (Å²) in [6, 6.07) is 17.0. The van der Waals surface area contributed by atoms with Crippen molar-refractivity contribution in [3.63, 3.8) is 0 Å². The van der Waals surface area contributed by atoms with Crippen molar-refractivity contribution in [2.24, 2.45) is 0 Å². The first-order chi connectivity index (χ1) is 11.1. The second-order valence-electron chi connectivity index (χ2n) is 5.23. The number of nitrogens with zero attached hydrogens (tertiary/aromatic N) is 2. The van der Waals surface area contributed by atoms with Crippen molar-refractivity contribution < 1.29 is 4.79 Å². The van der Waals surface area contributed by atoms with Crippen molar-refractivity contribution in [2.75, 3.05) is 0 Å². The lowest BCUT2D eigenvalue weighted by Gasteiger charge is -2.15. The van der Waals surface area contributed by atoms with E-state index >= 15 is 0 Å². The van der Waals surface area contributed by atoms with E-state index in [1.165, 1.54) is 0 Å². The van der Waals surface area contributed by atoms with E-state index in [4.69, 9.17) is 11.6 Å². The minimum absolute atomic E-state index is 0.126. The molecule has 0 saturated carbocycles. The Bertz CT molecular complexity index is 797. The Kier molecular flexibility index (Phi) is 4.44. The Morgan fingerprint density at radius 2 is 1.83 bits per heavy atom. The summed E-state index contributed by atoms with van der Waals surface area (Å²) in [5, 5.41) is 3.66. The molecule has 1 aromatic heterocycles. The Labute approximate surface area is 139 Å². The van der Waals surface area contributed by atoms with Crippen molar-refractivity contribution in [3.05, 3.63) is 83.4 Å². The zero-order valence-corrected chi connectivity index (χ0v) is 13.4. The van der Waals surface area contributed by atoms with Gasteiger partial charge in [0.2, 0.25) is 0 Å². The number of para-hydroxylation sites is 1. The smallest absolute Gasteiger partial charge is 0.270 e. The largest absolute Gasteiger partial charge is 0.344 e. The number of carbonyl (C=O) groups excluding carboxylic acids is 1. The first-order valence-corrected chi connectivity index (χ1v) is 7.67. The molecule has 1 unspecified atom stereocenters. The summed E-state index contributed by atoms with van der Waals surface area (Å²) in [5.74, 6) is -0.172. The lowest BCUT2D eigenvalue weighted by Crippen LogP contribution is -2.28. The molecule has 0 radical (unpaired) electrons. The third-order valence-corrected chi connectivity index (χ3v) is 3.88. The maximum absolute atomic E-state index is 12.6. The normalized spacial score (nSPS) is 11.9. The highest BCUT2D eigenvalue weighted by molar-refractivity contribution is 6.30. The number of aromatic nitrogens is 2. The molecule has 0 bridgehead atoms. The minimum Gasteiger partial charge on any atom is -0.344 e. The number of carbonyl (C=O) groups is 1. The fraction of sp³-hybridized carbons (Fsp3) is 0.111. The van der Waals surface area contributed by atoms with Crippen LogP contribution in [0.1, 0.15) is 29.0 Å². The van der Waals surface area contributed by atoms with Gasteiger partial charge in [0.15, 0.2) is 0 Å². The molecule has 1 N–H and O–H groups in total. The maximum atomic E-state index is 12.6. The van der Waals surface area contributed by atoms with Crippen LogP contribution in [0, 0.1) is 0 Å². The van der Waals surface area contributed by atoms with Gasteiger partial charge in [-0.05, 0) is 36.8 Å². The van der Waals surface area contributed by atoms with Gasteiger partial charge in [0.25, 0.3) is 5.91 Å². The molecule has 2 aromatic carbocycles. The maximum Gasteiger partial charge on any atom is 0.270 e. The molecule has 0 fully saturated rings. The molecular formula is C18H16ClN3O. The highest BCUT2D eigenvalue weighted by Crippen LogP contribution is 2.17. The summed E-state index contributed by atoms with van der Waals surface area (Å²) in [6.07, 6.45) is 3.20. The lowest BCUT2D eigenvalue weighted by atomic mass is 10.1. The second-order valence-corrected chi connectivity index (χ2v) is 5.67. The Hall–Kier alpha value is -2.59. The molecule has 1 amide bonds. The molecular weight excluding hydrogens is 310 g/mol. The molecule has 0 spiro atoms. The third kappa shape index (κ3) is 3.43. The molecule has 1 atom stereocenters. The summed E-state index contributed by atoms with van der Waals surface area (Å²) in [4.78, 5) is 16.6. The number of hydrogen-bond donors (Lipinski definition) is 1. The standard InChI is InChI=1S/C18H16ClN3O/c1-13(14-7-9-15(19)10-8-14)21-18(23)17-11-20-12-22(17)16-5-3-2-4-6-16/h2-13H,1H3,(H,21,23). The predicted octanol–water partition coefficient (Wildman–Crippen LogP) is 4.02. The topological polar surface area (TPSA) is 46.9 Å². The van der Waals surface area contributed by atoms with Crippen LogP contribution in [0.5, 0.6) is 0 Å². The number of rotatable bonds is 4. The number of nitrogens with one attached hydrogen (secondary N) is 1. The van der Waals surface area contributed by atoms with E-state index in [2.05, 4.69) is 10.3 Å². The molecule has 1 heterocycles. The molecule has 0 saturated heterocycles. The molecule has 3 aromatic rings. The van der Waals surface area contributed by atoms with Crippen LogP contribution in [0.25, 0.3) is 5.69 Å². The molecule has 0 aliphatic heterocycles. The van der Waals surface area contributed by atoms with Crippen LogP contribution in [-0.2, 0) is 0 Å². The fourth-order valence-electron chi connectivity index (χ4n) is 2.36. The highest BCUT2D eigenvalue weighted by atomic mass is 35.5. The Morgan fingerprint density at radius 3 is 2.52 bits per heavy atom. The van der Waals surface area contributed by atoms with E-state index in [-0.39, 0.29) is 11.9 Å². The molecule has 116 valence electrons. The predicted molar refractivity (Wildman–Crippen MR) is 90.9 cm³/mol. The minimum atomic E-state index is -0.172. The van der Waals surface area contributed by atoms with E-state index in [1.807, 2.05) is 61.5 Å². The summed E-state index contributed by atoms with van der Waals surface area (Å²) in [6.45, 7) is 1.93. The van der Waals surface area contributed by atoms with Crippen molar-refractivity contribution in [1.29, 1.82) is 0 Å². The number of halogens is 1. The first kappa shape index (κ1) is 15.3. The van der Waals surface area contributed by atoms with Gasteiger partial charge in [-0.1, -0.05) is 41.9 Å². The van der Waals surface area contributed by atoms with Gasteiger partial charge in [-0.25, -0.2) is 4.98 Å². The van der Waals surface area contributed by atoms with Gasteiger partial charge >= 0.3 is 0 Å². The van der Waals surface area contributed by atoms with Crippen LogP contribution in [0.4, 0.5) is 0 Å². The zero-order chi connectivity index (χ0) is 16.2. The van der Waals surface area contributed by atoms with Gasteiger partial charge in [0, 0.05) is 10.7 Å². The van der Waals surface area contributed by atoms with Gasteiger partial charge in [-0.15, -0.1) is 0 Å². The van der Waals surface area contributed by atoms with Crippen molar-refractivity contribution in [1.82, 2.24) is 14.9 Å². The zero-order valence-electron chi connectivity index (χ0n) is 12.6. The van der Waals surface area contributed by atoms with E-state index in [1.54, 1.807) is 17.1 Å². The van der Waals surface area contributed by atoms with Gasteiger partial charge in [-0.2, -0.15) is 0 Å². The average molecular weight is 326 g/mol. The number of hydrogen-bond acceptors (Lipinski definition) is 2. The van der Waals surface area contributed by atoms with Crippen LogP contribution in [0.2, 0.25) is 5.02 Å². The first-order valence-electron chi connectivity index (χ1n) is 7.29. The second kappa shape index (κ2) is 6.67. The molecule has 0 aliphatic carbocycles. The van der Waals surface area contributed by atoms with Crippen LogP contribution >= 0.6 is 11.6 Å². The van der Waals surface area contributed by atoms with Gasteiger partial charge in [-0.3, -0.25) is 9.36 Å². The van der Waals surface area contributed by atoms with Gasteiger partial charge < -0.3 is 5.32 Å². The van der Waals surface area contributed by atoms with Gasteiger partial charge in [0.1, 0.15) is 5.69 Å². The van der Waals surface area contributed by atoms with Crippen LogP contribution in [0.3, 0.4) is 0 Å². The molecule has 4 nitrogen and oxygen atoms in total. The van der Waals surface area contributed by atoms with Crippen LogP contribution < -0.4 is 5.32 Å². The van der Waals surface area contributed by atoms with Crippen LogP contribution in [-0.4, -0.2) is 15.5 Å². The van der Waals surface area contributed by atoms with E-state index < -0.39 is 0 Å². The number of imidazole rings is 1. The highest BCUT2D eigenvalue weighted by Gasteiger charge is 2.16. The number of benzene rings is 2. The van der Waals surface area contributed by atoms with Crippen molar-refractivity contribution in [3.8, 4) is 5.69 Å². The number of amides is 1. The van der Waals surface area contributed by atoms with E-state index in [0.29, 0.717) is 10.7 Å². The fourth-order valence-corrected chi connectivity index (χ4v) is 2.49.